The van der Waals surface area contributed by atoms with Gasteiger partial charge >= 0.3 is 0 Å². The van der Waals surface area contributed by atoms with Gasteiger partial charge in [-0.1, -0.05) is 6.58 Å². The van der Waals surface area contributed by atoms with E-state index < -0.39 is 0 Å². The van der Waals surface area contributed by atoms with Crippen LogP contribution in [0.25, 0.3) is 0 Å². The van der Waals surface area contributed by atoms with E-state index >= 15 is 0 Å². The minimum atomic E-state index is -0.224. The highest BCUT2D eigenvalue weighted by atomic mass is 35.5. The fraction of sp³-hybridized carbons (Fsp3) is 0.273. The fourth-order valence-electron chi connectivity index (χ4n) is 1.16. The molecule has 0 spiro atoms. The third kappa shape index (κ3) is 3.04. The van der Waals surface area contributed by atoms with Crippen molar-refractivity contribution in [3.05, 3.63) is 42.2 Å². The number of rotatable bonds is 4. The third-order valence-corrected chi connectivity index (χ3v) is 2.30. The van der Waals surface area contributed by atoms with E-state index in [9.17, 15) is 4.39 Å². The number of hydrogen-bond donors (Lipinski definition) is 0. The van der Waals surface area contributed by atoms with E-state index in [-0.39, 0.29) is 5.82 Å². The second-order valence-corrected chi connectivity index (χ2v) is 3.48. The molecule has 0 aliphatic heterocycles. The Kier molecular flexibility index (Phi) is 3.96. The van der Waals surface area contributed by atoms with Gasteiger partial charge in [0.15, 0.2) is 0 Å². The maximum Gasteiger partial charge on any atom is 0.123 e. The second-order valence-electron chi connectivity index (χ2n) is 3.22. The van der Waals surface area contributed by atoms with Crippen molar-refractivity contribution in [1.29, 1.82) is 0 Å². The summed E-state index contributed by atoms with van der Waals surface area (Å²) in [6.07, 6.45) is 0. The van der Waals surface area contributed by atoms with E-state index in [1.165, 1.54) is 12.1 Å². The highest BCUT2D eigenvalue weighted by Gasteiger charge is 2.01. The number of benzene rings is 1. The summed E-state index contributed by atoms with van der Waals surface area (Å²) in [5.74, 6) is 0.226. The molecule has 1 rings (SSSR count). The molecule has 0 aliphatic carbocycles. The predicted molar refractivity (Wildman–Crippen MR) is 59.5 cm³/mol. The van der Waals surface area contributed by atoms with Crippen molar-refractivity contribution in [2.75, 3.05) is 24.4 Å². The highest BCUT2D eigenvalue weighted by molar-refractivity contribution is 6.19. The first-order valence-electron chi connectivity index (χ1n) is 4.33. The Morgan fingerprint density at radius 3 is 2.50 bits per heavy atom. The maximum atomic E-state index is 12.6. The smallest absolute Gasteiger partial charge is 0.123 e. The first-order chi connectivity index (χ1) is 6.63. The summed E-state index contributed by atoms with van der Waals surface area (Å²) < 4.78 is 12.6. The van der Waals surface area contributed by atoms with Crippen LogP contribution in [0.4, 0.5) is 10.1 Å². The van der Waals surface area contributed by atoms with Gasteiger partial charge in [0.25, 0.3) is 0 Å². The van der Waals surface area contributed by atoms with E-state index in [2.05, 4.69) is 6.58 Å². The van der Waals surface area contributed by atoms with Crippen LogP contribution in [-0.4, -0.2) is 19.5 Å². The van der Waals surface area contributed by atoms with Crippen LogP contribution in [0.2, 0.25) is 0 Å². The monoisotopic (exact) mass is 213 g/mol. The lowest BCUT2D eigenvalue weighted by atomic mass is 10.2. The van der Waals surface area contributed by atoms with E-state index in [0.717, 1.165) is 11.3 Å². The summed E-state index contributed by atoms with van der Waals surface area (Å²) in [4.78, 5) is 1.98. The lowest BCUT2D eigenvalue weighted by Crippen LogP contribution is -2.20. The van der Waals surface area contributed by atoms with Crippen molar-refractivity contribution >= 4 is 17.3 Å². The quantitative estimate of drug-likeness (QED) is 0.549. The molecule has 0 aliphatic rings. The van der Waals surface area contributed by atoms with Gasteiger partial charge in [-0.2, -0.15) is 0 Å². The first kappa shape index (κ1) is 11.1. The molecule has 0 radical (unpaired) electrons. The number of anilines is 1. The van der Waals surface area contributed by atoms with Crippen molar-refractivity contribution in [2.45, 2.75) is 0 Å². The van der Waals surface area contributed by atoms with Crippen molar-refractivity contribution < 1.29 is 4.39 Å². The van der Waals surface area contributed by atoms with Gasteiger partial charge in [0.2, 0.25) is 0 Å². The predicted octanol–water partition coefficient (Wildman–Crippen LogP) is 3.06. The molecule has 0 heterocycles. The number of nitrogens with zero attached hydrogens (tertiary/aromatic N) is 1. The molecule has 1 nitrogen and oxygen atoms in total. The number of alkyl halides is 1. The fourth-order valence-corrected chi connectivity index (χ4v) is 1.25. The molecule has 0 aromatic heterocycles. The van der Waals surface area contributed by atoms with Gasteiger partial charge in [0, 0.05) is 25.2 Å². The van der Waals surface area contributed by atoms with Crippen molar-refractivity contribution in [1.82, 2.24) is 0 Å². The summed E-state index contributed by atoms with van der Waals surface area (Å²) in [5.41, 5.74) is 1.90. The topological polar surface area (TPSA) is 3.24 Å². The lowest BCUT2D eigenvalue weighted by molar-refractivity contribution is 0.627. The van der Waals surface area contributed by atoms with Crippen molar-refractivity contribution in [2.24, 2.45) is 0 Å². The molecule has 1 aromatic carbocycles. The molecule has 0 unspecified atom stereocenters. The Hall–Kier alpha value is -1.02. The summed E-state index contributed by atoms with van der Waals surface area (Å²) in [5, 5.41) is 0. The van der Waals surface area contributed by atoms with E-state index in [1.54, 1.807) is 12.1 Å². The Labute approximate surface area is 88.8 Å². The van der Waals surface area contributed by atoms with Crippen molar-refractivity contribution in [3.8, 4) is 0 Å². The Bertz CT molecular complexity index is 308. The summed E-state index contributed by atoms with van der Waals surface area (Å²) >= 11 is 5.62. The zero-order chi connectivity index (χ0) is 10.6. The van der Waals surface area contributed by atoms with Crippen LogP contribution in [0.15, 0.2) is 36.4 Å². The standard InChI is InChI=1S/C11H13ClFN/c1-9(7-12)8-14(2)11-5-3-10(13)4-6-11/h3-6H,1,7-8H2,2H3. The SMILES string of the molecule is C=C(CCl)CN(C)c1ccc(F)cc1. The number of likely N-dealkylation sites (N-methyl/N-ethyl adjacent to an activating group) is 1. The highest BCUT2D eigenvalue weighted by Crippen LogP contribution is 2.14. The molecule has 0 amide bonds. The van der Waals surface area contributed by atoms with Gasteiger partial charge in [-0.3, -0.25) is 0 Å². The van der Waals surface area contributed by atoms with Gasteiger partial charge in [0.1, 0.15) is 5.82 Å². The molecule has 3 heteroatoms. The molecule has 0 atom stereocenters. The molecule has 0 bridgehead atoms. The molecule has 14 heavy (non-hydrogen) atoms. The molecule has 76 valence electrons. The van der Waals surface area contributed by atoms with Gasteiger partial charge < -0.3 is 4.90 Å². The van der Waals surface area contributed by atoms with Crippen LogP contribution in [0.5, 0.6) is 0 Å². The van der Waals surface area contributed by atoms with E-state index in [1.807, 2.05) is 11.9 Å². The summed E-state index contributed by atoms with van der Waals surface area (Å²) in [6.45, 7) is 4.50. The first-order valence-corrected chi connectivity index (χ1v) is 4.86. The van der Waals surface area contributed by atoms with Gasteiger partial charge in [-0.05, 0) is 29.8 Å². The molecule has 0 fully saturated rings. The Balaban J connectivity index is 2.65. The Morgan fingerprint density at radius 2 is 2.00 bits per heavy atom. The van der Waals surface area contributed by atoms with Crippen LogP contribution in [0, 0.1) is 5.82 Å². The summed E-state index contributed by atoms with van der Waals surface area (Å²) in [6, 6.07) is 6.35. The minimum absolute atomic E-state index is 0.224. The van der Waals surface area contributed by atoms with Crippen LogP contribution in [-0.2, 0) is 0 Å². The largest absolute Gasteiger partial charge is 0.371 e. The average Bonchev–Trinajstić information content (AvgIpc) is 2.18. The van der Waals surface area contributed by atoms with Crippen LogP contribution >= 0.6 is 11.6 Å². The molecule has 0 N–H and O–H groups in total. The second kappa shape index (κ2) is 5.01. The Morgan fingerprint density at radius 1 is 1.43 bits per heavy atom. The zero-order valence-electron chi connectivity index (χ0n) is 8.13. The molecular weight excluding hydrogens is 201 g/mol. The number of halogens is 2. The van der Waals surface area contributed by atoms with Crippen LogP contribution in [0.3, 0.4) is 0 Å². The maximum absolute atomic E-state index is 12.6. The summed E-state index contributed by atoms with van der Waals surface area (Å²) in [7, 11) is 1.92. The molecule has 0 saturated heterocycles. The minimum Gasteiger partial charge on any atom is -0.371 e. The van der Waals surface area contributed by atoms with Gasteiger partial charge in [0.05, 0.1) is 0 Å². The van der Waals surface area contributed by atoms with E-state index in [4.69, 9.17) is 11.6 Å². The number of hydrogen-bond acceptors (Lipinski definition) is 1. The molecular formula is C11H13ClFN. The zero-order valence-corrected chi connectivity index (χ0v) is 8.89. The lowest BCUT2D eigenvalue weighted by Gasteiger charge is -2.19. The third-order valence-electron chi connectivity index (χ3n) is 1.92. The van der Waals surface area contributed by atoms with Crippen LogP contribution < -0.4 is 4.90 Å². The average molecular weight is 214 g/mol. The van der Waals surface area contributed by atoms with Gasteiger partial charge in [-0.25, -0.2) is 4.39 Å². The van der Waals surface area contributed by atoms with E-state index in [0.29, 0.717) is 12.4 Å². The van der Waals surface area contributed by atoms with Crippen LogP contribution in [0.1, 0.15) is 0 Å². The molecule has 1 aromatic rings. The molecule has 0 saturated carbocycles. The van der Waals surface area contributed by atoms with Crippen molar-refractivity contribution in [3.63, 3.8) is 0 Å². The normalized spacial score (nSPS) is 9.93. The van der Waals surface area contributed by atoms with Gasteiger partial charge in [-0.15, -0.1) is 11.6 Å².